The van der Waals surface area contributed by atoms with Crippen molar-refractivity contribution < 1.29 is 10.0 Å². The minimum absolute atomic E-state index is 0.0214. The Bertz CT molecular complexity index is 641. The van der Waals surface area contributed by atoms with E-state index in [-0.39, 0.29) is 23.0 Å². The lowest BCUT2D eigenvalue weighted by atomic mass is 9.79. The number of carbonyl (C=O) groups is 1. The van der Waals surface area contributed by atoms with Gasteiger partial charge < -0.3 is 15.4 Å². The second-order valence-corrected chi connectivity index (χ2v) is 8.20. The Labute approximate surface area is 151 Å². The molecule has 25 heavy (non-hydrogen) atoms. The molecule has 2 rings (SSSR count). The van der Waals surface area contributed by atoms with E-state index in [0.29, 0.717) is 24.9 Å². The summed E-state index contributed by atoms with van der Waals surface area (Å²) >= 11 is 0. The van der Waals surface area contributed by atoms with Crippen molar-refractivity contribution in [3.8, 4) is 12.5 Å². The number of piperidine rings is 1. The van der Waals surface area contributed by atoms with Crippen LogP contribution in [-0.2, 0) is 6.54 Å². The highest BCUT2D eigenvalue weighted by Gasteiger charge is 2.45. The summed E-state index contributed by atoms with van der Waals surface area (Å²) in [6.07, 6.45) is 6.74. The molecule has 2 N–H and O–H groups in total. The molecule has 1 aliphatic heterocycles. The van der Waals surface area contributed by atoms with Crippen molar-refractivity contribution in [3.63, 3.8) is 0 Å². The summed E-state index contributed by atoms with van der Waals surface area (Å²) in [4.78, 5) is 14.3. The minimum Gasteiger partial charge on any atom is -0.349 e. The topological polar surface area (TPSA) is 55.8 Å². The van der Waals surface area contributed by atoms with Crippen LogP contribution in [0.5, 0.6) is 0 Å². The SMILES string of the molecule is C#CN(C)Cc1ccc(C(=O)NC2CC(C)(C)N(O)C(C)(C)C2)cc1. The Morgan fingerprint density at radius 1 is 1.28 bits per heavy atom. The first-order valence-corrected chi connectivity index (χ1v) is 8.61. The Morgan fingerprint density at radius 3 is 2.28 bits per heavy atom. The van der Waals surface area contributed by atoms with E-state index in [0.717, 1.165) is 5.56 Å². The van der Waals surface area contributed by atoms with Gasteiger partial charge in [-0.15, -0.1) is 0 Å². The van der Waals surface area contributed by atoms with Gasteiger partial charge in [-0.2, -0.15) is 5.06 Å². The van der Waals surface area contributed by atoms with E-state index in [9.17, 15) is 10.0 Å². The van der Waals surface area contributed by atoms with Gasteiger partial charge in [0.1, 0.15) is 0 Å². The molecule has 1 aromatic carbocycles. The second kappa shape index (κ2) is 7.07. The molecular formula is C20H29N3O2. The van der Waals surface area contributed by atoms with Crippen molar-refractivity contribution in [3.05, 3.63) is 35.4 Å². The number of hydroxylamine groups is 2. The van der Waals surface area contributed by atoms with Crippen LogP contribution in [0.4, 0.5) is 0 Å². The Morgan fingerprint density at radius 2 is 1.80 bits per heavy atom. The van der Waals surface area contributed by atoms with Crippen molar-refractivity contribution in [2.24, 2.45) is 0 Å². The highest BCUT2D eigenvalue weighted by atomic mass is 16.5. The third kappa shape index (κ3) is 4.53. The van der Waals surface area contributed by atoms with Crippen LogP contribution in [0.15, 0.2) is 24.3 Å². The zero-order valence-corrected chi connectivity index (χ0v) is 15.8. The molecule has 0 unspecified atom stereocenters. The molecule has 5 heteroatoms. The number of nitrogens with zero attached hydrogens (tertiary/aromatic N) is 2. The van der Waals surface area contributed by atoms with Crippen LogP contribution >= 0.6 is 0 Å². The van der Waals surface area contributed by atoms with E-state index >= 15 is 0 Å². The van der Waals surface area contributed by atoms with Gasteiger partial charge in [-0.3, -0.25) is 4.79 Å². The number of hydrogen-bond acceptors (Lipinski definition) is 4. The van der Waals surface area contributed by atoms with E-state index in [1.165, 1.54) is 5.06 Å². The summed E-state index contributed by atoms with van der Waals surface area (Å²) in [5.74, 6) is -0.0835. The van der Waals surface area contributed by atoms with Gasteiger partial charge >= 0.3 is 0 Å². The maximum absolute atomic E-state index is 12.6. The maximum atomic E-state index is 12.6. The molecule has 0 aliphatic carbocycles. The fraction of sp³-hybridized carbons (Fsp3) is 0.550. The first-order chi connectivity index (χ1) is 11.5. The first kappa shape index (κ1) is 19.3. The van der Waals surface area contributed by atoms with Gasteiger partial charge in [0.25, 0.3) is 5.91 Å². The van der Waals surface area contributed by atoms with Gasteiger partial charge in [0.15, 0.2) is 0 Å². The summed E-state index contributed by atoms with van der Waals surface area (Å²) in [6.45, 7) is 8.61. The molecule has 1 fully saturated rings. The highest BCUT2D eigenvalue weighted by Crippen LogP contribution is 2.36. The zero-order valence-electron chi connectivity index (χ0n) is 15.8. The molecule has 1 aliphatic rings. The van der Waals surface area contributed by atoms with Crippen LogP contribution in [0.3, 0.4) is 0 Å². The number of terminal acetylenes is 1. The summed E-state index contributed by atoms with van der Waals surface area (Å²) in [7, 11) is 1.84. The molecule has 0 aromatic heterocycles. The molecule has 1 heterocycles. The fourth-order valence-electron chi connectivity index (χ4n) is 3.72. The Balaban J connectivity index is 2.03. The number of benzene rings is 1. The van der Waals surface area contributed by atoms with Gasteiger partial charge in [-0.05, 0) is 58.2 Å². The fourth-order valence-corrected chi connectivity index (χ4v) is 3.72. The van der Waals surface area contributed by atoms with Crippen molar-refractivity contribution in [2.75, 3.05) is 7.05 Å². The molecule has 0 atom stereocenters. The average Bonchev–Trinajstić information content (AvgIpc) is 2.52. The lowest BCUT2D eigenvalue weighted by Gasteiger charge is -2.51. The summed E-state index contributed by atoms with van der Waals surface area (Å²) in [6, 6.07) is 10.1. The second-order valence-electron chi connectivity index (χ2n) is 8.20. The normalized spacial score (nSPS) is 19.9. The number of nitrogens with one attached hydrogen (secondary N) is 1. The molecule has 1 aromatic rings. The van der Waals surface area contributed by atoms with E-state index in [1.54, 1.807) is 4.90 Å². The van der Waals surface area contributed by atoms with E-state index in [1.807, 2.05) is 59.0 Å². The summed E-state index contributed by atoms with van der Waals surface area (Å²) in [5, 5.41) is 14.9. The molecule has 1 saturated heterocycles. The van der Waals surface area contributed by atoms with Crippen LogP contribution in [-0.4, -0.2) is 45.2 Å². The lowest BCUT2D eigenvalue weighted by Crippen LogP contribution is -2.62. The zero-order chi connectivity index (χ0) is 18.8. The molecule has 0 bridgehead atoms. The summed E-state index contributed by atoms with van der Waals surface area (Å²) < 4.78 is 0. The molecule has 136 valence electrons. The van der Waals surface area contributed by atoms with Gasteiger partial charge in [0.05, 0.1) is 6.54 Å². The third-order valence-corrected chi connectivity index (χ3v) is 4.83. The first-order valence-electron chi connectivity index (χ1n) is 8.61. The van der Waals surface area contributed by atoms with Crippen LogP contribution in [0.2, 0.25) is 0 Å². The number of carbonyl (C=O) groups excluding carboxylic acids is 1. The van der Waals surface area contributed by atoms with E-state index in [2.05, 4.69) is 11.4 Å². The van der Waals surface area contributed by atoms with Crippen LogP contribution in [0.1, 0.15) is 56.5 Å². The van der Waals surface area contributed by atoms with Crippen LogP contribution in [0.25, 0.3) is 0 Å². The van der Waals surface area contributed by atoms with E-state index < -0.39 is 0 Å². The van der Waals surface area contributed by atoms with Crippen molar-refractivity contribution >= 4 is 5.91 Å². The largest absolute Gasteiger partial charge is 0.349 e. The molecule has 0 spiro atoms. The summed E-state index contributed by atoms with van der Waals surface area (Å²) in [5.41, 5.74) is 0.925. The number of rotatable bonds is 4. The Hall–Kier alpha value is -2.03. The highest BCUT2D eigenvalue weighted by molar-refractivity contribution is 5.94. The van der Waals surface area contributed by atoms with Gasteiger partial charge in [-0.1, -0.05) is 18.6 Å². The van der Waals surface area contributed by atoms with Crippen molar-refractivity contribution in [2.45, 2.75) is 64.2 Å². The molecule has 1 amide bonds. The van der Waals surface area contributed by atoms with Gasteiger partial charge in [0, 0.05) is 35.8 Å². The van der Waals surface area contributed by atoms with Gasteiger partial charge in [-0.25, -0.2) is 0 Å². The van der Waals surface area contributed by atoms with Crippen molar-refractivity contribution in [1.82, 2.24) is 15.3 Å². The van der Waals surface area contributed by atoms with Crippen molar-refractivity contribution in [1.29, 1.82) is 0 Å². The predicted molar refractivity (Wildman–Crippen MR) is 99.0 cm³/mol. The van der Waals surface area contributed by atoms with Crippen LogP contribution in [0, 0.1) is 12.5 Å². The standard InChI is InChI=1S/C20H29N3O2/c1-7-22(6)14-15-8-10-16(11-9-15)18(24)21-17-12-19(2,3)23(25)20(4,5)13-17/h1,8-11,17,25H,12-14H2,2-6H3,(H,21,24). The predicted octanol–water partition coefficient (Wildman–Crippen LogP) is 2.85. The lowest BCUT2D eigenvalue weighted by molar-refractivity contribution is -0.245. The molecular weight excluding hydrogens is 314 g/mol. The maximum Gasteiger partial charge on any atom is 0.251 e. The quantitative estimate of drug-likeness (QED) is 0.652. The molecule has 0 saturated carbocycles. The smallest absolute Gasteiger partial charge is 0.251 e. The molecule has 5 nitrogen and oxygen atoms in total. The monoisotopic (exact) mass is 343 g/mol. The third-order valence-electron chi connectivity index (χ3n) is 4.83. The van der Waals surface area contributed by atoms with E-state index in [4.69, 9.17) is 6.42 Å². The minimum atomic E-state index is -0.386. The number of hydrogen-bond donors (Lipinski definition) is 2. The van der Waals surface area contributed by atoms with Gasteiger partial charge in [0.2, 0.25) is 0 Å². The Kier molecular flexibility index (Phi) is 5.46. The number of amides is 1. The molecule has 0 radical (unpaired) electrons. The van der Waals surface area contributed by atoms with Crippen LogP contribution < -0.4 is 5.32 Å². The average molecular weight is 343 g/mol.